The quantitative estimate of drug-likeness (QED) is 0.564. The van der Waals surface area contributed by atoms with Crippen LogP contribution in [0.3, 0.4) is 0 Å². The van der Waals surface area contributed by atoms with E-state index in [0.717, 1.165) is 16.7 Å². The van der Waals surface area contributed by atoms with Crippen molar-refractivity contribution in [1.29, 1.82) is 0 Å². The molecule has 1 aromatic heterocycles. The molecular formula is C24H22BClN2O4S. The number of benzene rings is 2. The molecule has 0 amide bonds. The molecule has 33 heavy (non-hydrogen) atoms. The summed E-state index contributed by atoms with van der Waals surface area (Å²) in [5.41, 5.74) is 3.69. The standard InChI is InChI=1S/C24H22BClN2O4S/c1-15-12-20(25(29)32-15)17-9-7-16(8-10-17)13-22-23-21(6-3-11-33(23,30)31)27-24(28-22)18-4-2-5-19(26)14-18/h2,4-5,7-10,14,20,29H,1,3,6,11-13H2. The first-order valence-corrected chi connectivity index (χ1v) is 12.8. The SMILES string of the molecule is C=C1CC(c2ccc(Cc3nc(-c4cccc(Cl)c4)nc4c3S(=O)(=O)CCC4)cc2)B(O)O1. The number of allylic oxidation sites excluding steroid dienone is 1. The maximum absolute atomic E-state index is 12.9. The van der Waals surface area contributed by atoms with Crippen molar-refractivity contribution in [3.8, 4) is 11.4 Å². The molecule has 3 heterocycles. The molecule has 3 aromatic rings. The van der Waals surface area contributed by atoms with Gasteiger partial charge in [-0.05, 0) is 36.1 Å². The van der Waals surface area contributed by atoms with Gasteiger partial charge in [0, 0.05) is 29.2 Å². The van der Waals surface area contributed by atoms with Gasteiger partial charge in [-0.15, -0.1) is 0 Å². The smallest absolute Gasteiger partial charge is 0.530 e. The van der Waals surface area contributed by atoms with Gasteiger partial charge in [-0.25, -0.2) is 18.4 Å². The topological polar surface area (TPSA) is 89.4 Å². The summed E-state index contributed by atoms with van der Waals surface area (Å²) < 4.78 is 31.1. The van der Waals surface area contributed by atoms with Gasteiger partial charge >= 0.3 is 7.12 Å². The first kappa shape index (κ1) is 22.1. The van der Waals surface area contributed by atoms with Crippen LogP contribution in [0.25, 0.3) is 11.4 Å². The molecule has 2 aromatic carbocycles. The summed E-state index contributed by atoms with van der Waals surface area (Å²) in [6.07, 6.45) is 2.07. The molecule has 2 aliphatic heterocycles. The Morgan fingerprint density at radius 1 is 1.18 bits per heavy atom. The van der Waals surface area contributed by atoms with Crippen molar-refractivity contribution in [3.63, 3.8) is 0 Å². The van der Waals surface area contributed by atoms with Crippen LogP contribution >= 0.6 is 11.6 Å². The lowest BCUT2D eigenvalue weighted by atomic mass is 9.69. The van der Waals surface area contributed by atoms with Crippen LogP contribution in [-0.4, -0.2) is 36.3 Å². The van der Waals surface area contributed by atoms with Crippen molar-refractivity contribution >= 4 is 28.6 Å². The molecular weight excluding hydrogens is 459 g/mol. The van der Waals surface area contributed by atoms with Gasteiger partial charge in [0.1, 0.15) is 4.90 Å². The maximum Gasteiger partial charge on any atom is 0.530 e. The van der Waals surface area contributed by atoms with Crippen LogP contribution in [0.1, 0.15) is 41.2 Å². The minimum absolute atomic E-state index is 0.106. The Morgan fingerprint density at radius 2 is 1.97 bits per heavy atom. The molecule has 1 N–H and O–H groups in total. The fourth-order valence-corrected chi connectivity index (χ4v) is 6.39. The molecule has 1 saturated heterocycles. The molecule has 0 radical (unpaired) electrons. The van der Waals surface area contributed by atoms with Crippen LogP contribution in [-0.2, 0) is 27.3 Å². The number of hydrogen-bond acceptors (Lipinski definition) is 6. The van der Waals surface area contributed by atoms with Crippen molar-refractivity contribution in [2.75, 3.05) is 5.75 Å². The molecule has 9 heteroatoms. The second kappa shape index (κ2) is 8.59. The van der Waals surface area contributed by atoms with E-state index in [0.29, 0.717) is 53.7 Å². The Hall–Kier alpha value is -2.68. The second-order valence-electron chi connectivity index (χ2n) is 8.48. The third-order valence-corrected chi connectivity index (χ3v) is 8.24. The van der Waals surface area contributed by atoms with E-state index in [4.69, 9.17) is 16.3 Å². The van der Waals surface area contributed by atoms with E-state index < -0.39 is 17.0 Å². The number of hydrogen-bond donors (Lipinski definition) is 1. The summed E-state index contributed by atoms with van der Waals surface area (Å²) >= 11 is 6.16. The van der Waals surface area contributed by atoms with Gasteiger partial charge < -0.3 is 9.68 Å². The van der Waals surface area contributed by atoms with Gasteiger partial charge in [0.15, 0.2) is 15.7 Å². The Kier molecular flexibility index (Phi) is 5.76. The van der Waals surface area contributed by atoms with Crippen LogP contribution in [0.5, 0.6) is 0 Å². The zero-order valence-electron chi connectivity index (χ0n) is 17.9. The summed E-state index contributed by atoms with van der Waals surface area (Å²) in [5.74, 6) is 0.996. The third kappa shape index (κ3) is 4.43. The van der Waals surface area contributed by atoms with E-state index in [1.165, 1.54) is 0 Å². The molecule has 168 valence electrons. The second-order valence-corrected chi connectivity index (χ2v) is 11.0. The summed E-state index contributed by atoms with van der Waals surface area (Å²) in [7, 11) is -4.35. The Bertz CT molecular complexity index is 1350. The van der Waals surface area contributed by atoms with Gasteiger partial charge in [0.2, 0.25) is 0 Å². The van der Waals surface area contributed by atoms with Gasteiger partial charge in [-0.2, -0.15) is 0 Å². The third-order valence-electron chi connectivity index (χ3n) is 6.09. The van der Waals surface area contributed by atoms with E-state index in [1.807, 2.05) is 36.4 Å². The molecule has 1 fully saturated rings. The highest BCUT2D eigenvalue weighted by Gasteiger charge is 2.37. The van der Waals surface area contributed by atoms with Crippen molar-refractivity contribution in [2.45, 2.75) is 36.4 Å². The summed E-state index contributed by atoms with van der Waals surface area (Å²) in [6.45, 7) is 3.79. The lowest BCUT2D eigenvalue weighted by Gasteiger charge is -2.20. The fourth-order valence-electron chi connectivity index (χ4n) is 4.49. The number of aromatic nitrogens is 2. The number of rotatable bonds is 4. The van der Waals surface area contributed by atoms with Gasteiger partial charge in [-0.1, -0.05) is 54.6 Å². The van der Waals surface area contributed by atoms with Crippen LogP contribution < -0.4 is 0 Å². The Morgan fingerprint density at radius 3 is 2.67 bits per heavy atom. The number of halogens is 1. The Balaban J connectivity index is 1.53. The molecule has 0 saturated carbocycles. The maximum atomic E-state index is 12.9. The predicted octanol–water partition coefficient (Wildman–Crippen LogP) is 4.15. The van der Waals surface area contributed by atoms with Crippen molar-refractivity contribution in [1.82, 2.24) is 9.97 Å². The van der Waals surface area contributed by atoms with Gasteiger partial charge in [-0.3, -0.25) is 0 Å². The summed E-state index contributed by atoms with van der Waals surface area (Å²) in [5, 5.41) is 10.7. The average Bonchev–Trinajstić information content (AvgIpc) is 3.11. The lowest BCUT2D eigenvalue weighted by molar-refractivity contribution is 0.364. The van der Waals surface area contributed by atoms with Crippen LogP contribution in [0.15, 0.2) is 65.8 Å². The molecule has 0 spiro atoms. The number of aryl methyl sites for hydroxylation is 1. The predicted molar refractivity (Wildman–Crippen MR) is 128 cm³/mol. The highest BCUT2D eigenvalue weighted by atomic mass is 35.5. The number of nitrogens with zero attached hydrogens (tertiary/aromatic N) is 2. The first-order valence-electron chi connectivity index (χ1n) is 10.8. The van der Waals surface area contributed by atoms with Crippen LogP contribution in [0.4, 0.5) is 0 Å². The molecule has 6 nitrogen and oxygen atoms in total. The number of sulfone groups is 1. The van der Waals surface area contributed by atoms with E-state index in [1.54, 1.807) is 12.1 Å². The minimum Gasteiger partial charge on any atom is -0.540 e. The molecule has 0 aliphatic carbocycles. The molecule has 2 aliphatic rings. The average molecular weight is 481 g/mol. The van der Waals surface area contributed by atoms with Crippen LogP contribution in [0.2, 0.25) is 5.02 Å². The Labute approximate surface area is 198 Å². The summed E-state index contributed by atoms with van der Waals surface area (Å²) in [4.78, 5) is 9.56. The van der Waals surface area contributed by atoms with Gasteiger partial charge in [0.25, 0.3) is 0 Å². The lowest BCUT2D eigenvalue weighted by Crippen LogP contribution is -2.21. The zero-order valence-corrected chi connectivity index (χ0v) is 19.4. The van der Waals surface area contributed by atoms with Crippen molar-refractivity contribution in [3.05, 3.63) is 88.4 Å². The molecule has 1 atom stereocenters. The first-order chi connectivity index (χ1) is 15.8. The van der Waals surface area contributed by atoms with Crippen molar-refractivity contribution < 1.29 is 18.1 Å². The largest absolute Gasteiger partial charge is 0.540 e. The van der Waals surface area contributed by atoms with E-state index in [-0.39, 0.29) is 16.5 Å². The normalized spacial score (nSPS) is 19.3. The highest BCUT2D eigenvalue weighted by molar-refractivity contribution is 7.91. The van der Waals surface area contributed by atoms with Crippen molar-refractivity contribution in [2.24, 2.45) is 0 Å². The highest BCUT2D eigenvalue weighted by Crippen LogP contribution is 2.34. The molecule has 1 unspecified atom stereocenters. The summed E-state index contributed by atoms with van der Waals surface area (Å²) in [6, 6.07) is 15.0. The number of fused-ring (bicyclic) bond motifs is 1. The minimum atomic E-state index is -3.44. The monoisotopic (exact) mass is 480 g/mol. The molecule has 5 rings (SSSR count). The molecule has 0 bridgehead atoms. The van der Waals surface area contributed by atoms with E-state index in [9.17, 15) is 13.4 Å². The van der Waals surface area contributed by atoms with Gasteiger partial charge in [0.05, 0.1) is 22.9 Å². The zero-order chi connectivity index (χ0) is 23.2. The fraction of sp³-hybridized carbons (Fsp3) is 0.250. The van der Waals surface area contributed by atoms with Crippen LogP contribution in [0, 0.1) is 0 Å². The van der Waals surface area contributed by atoms with E-state index in [2.05, 4.69) is 16.5 Å². The van der Waals surface area contributed by atoms with E-state index >= 15 is 0 Å².